The van der Waals surface area contributed by atoms with Gasteiger partial charge >= 0.3 is 0 Å². The molecule has 1 amide bonds. The van der Waals surface area contributed by atoms with Gasteiger partial charge in [-0.2, -0.15) is 0 Å². The Kier molecular flexibility index (Phi) is 6.04. The maximum atomic E-state index is 12.1. The highest BCUT2D eigenvalue weighted by Gasteiger charge is 2.29. The molecule has 2 fully saturated rings. The Morgan fingerprint density at radius 2 is 2.11 bits per heavy atom. The lowest BCUT2D eigenvalue weighted by Crippen LogP contribution is -2.52. The summed E-state index contributed by atoms with van der Waals surface area (Å²) in [4.78, 5) is 13.9. The molecule has 6 nitrogen and oxygen atoms in total. The van der Waals surface area contributed by atoms with E-state index in [1.165, 1.54) is 4.31 Å². The second-order valence-electron chi connectivity index (χ2n) is 4.96. The molecule has 0 spiro atoms. The van der Waals surface area contributed by atoms with Gasteiger partial charge in [0.25, 0.3) is 0 Å². The van der Waals surface area contributed by atoms with Gasteiger partial charge in [0.1, 0.15) is 0 Å². The Morgan fingerprint density at radius 3 is 2.68 bits per heavy atom. The van der Waals surface area contributed by atoms with E-state index in [1.807, 2.05) is 11.8 Å². The Labute approximate surface area is 121 Å². The summed E-state index contributed by atoms with van der Waals surface area (Å²) in [6.45, 7) is 5.25. The number of carbonyl (C=O) groups is 1. The molecule has 2 aliphatic heterocycles. The third kappa shape index (κ3) is 4.05. The zero-order chi connectivity index (χ0) is 13.2. The topological polar surface area (TPSA) is 69.7 Å². The monoisotopic (exact) mass is 311 g/mol. The van der Waals surface area contributed by atoms with E-state index in [0.29, 0.717) is 32.5 Å². The van der Waals surface area contributed by atoms with Gasteiger partial charge in [-0.25, -0.2) is 12.7 Å². The van der Waals surface area contributed by atoms with Crippen molar-refractivity contribution in [2.45, 2.75) is 25.8 Å². The van der Waals surface area contributed by atoms with Crippen LogP contribution in [0.25, 0.3) is 0 Å². The number of halogens is 1. The smallest absolute Gasteiger partial charge is 0.224 e. The van der Waals surface area contributed by atoms with Gasteiger partial charge in [0.15, 0.2) is 0 Å². The summed E-state index contributed by atoms with van der Waals surface area (Å²) in [6.07, 6.45) is 0.976. The third-order valence-electron chi connectivity index (χ3n) is 3.60. The lowest BCUT2D eigenvalue weighted by molar-refractivity contribution is -0.134. The Balaban J connectivity index is 0.00000180. The zero-order valence-electron chi connectivity index (χ0n) is 11.2. The molecule has 2 heterocycles. The number of hydrogen-bond acceptors (Lipinski definition) is 4. The Hall–Kier alpha value is -0.370. The minimum absolute atomic E-state index is 0. The van der Waals surface area contributed by atoms with E-state index in [2.05, 4.69) is 5.32 Å². The summed E-state index contributed by atoms with van der Waals surface area (Å²) in [5.74, 6) is 0.289. The summed E-state index contributed by atoms with van der Waals surface area (Å²) in [6, 6.07) is 0.196. The molecule has 2 aliphatic rings. The van der Waals surface area contributed by atoms with Crippen molar-refractivity contribution in [2.75, 3.05) is 38.5 Å². The largest absolute Gasteiger partial charge is 0.337 e. The van der Waals surface area contributed by atoms with Crippen LogP contribution in [0.15, 0.2) is 0 Å². The number of sulfonamides is 1. The molecule has 0 aliphatic carbocycles. The normalized spacial score (nSPS) is 27.0. The molecule has 1 atom stereocenters. The van der Waals surface area contributed by atoms with Crippen LogP contribution in [0.4, 0.5) is 0 Å². The minimum Gasteiger partial charge on any atom is -0.337 e. The fourth-order valence-electron chi connectivity index (χ4n) is 2.52. The summed E-state index contributed by atoms with van der Waals surface area (Å²) >= 11 is 0. The summed E-state index contributed by atoms with van der Waals surface area (Å²) in [7, 11) is -3.08. The lowest BCUT2D eigenvalue weighted by atomic mass is 10.2. The first-order valence-corrected chi connectivity index (χ1v) is 8.09. The van der Waals surface area contributed by atoms with Crippen LogP contribution < -0.4 is 5.32 Å². The van der Waals surface area contributed by atoms with Crippen molar-refractivity contribution in [3.05, 3.63) is 0 Å². The van der Waals surface area contributed by atoms with Gasteiger partial charge in [0.05, 0.1) is 5.75 Å². The molecular formula is C11H22ClN3O3S. The molecule has 2 saturated heterocycles. The highest BCUT2D eigenvalue weighted by atomic mass is 35.5. The van der Waals surface area contributed by atoms with Gasteiger partial charge in [-0.15, -0.1) is 12.4 Å². The van der Waals surface area contributed by atoms with Crippen LogP contribution in [-0.4, -0.2) is 68.0 Å². The average molecular weight is 312 g/mol. The molecule has 0 bridgehead atoms. The predicted octanol–water partition coefficient (Wildman–Crippen LogP) is -0.346. The third-order valence-corrected chi connectivity index (χ3v) is 5.56. The second-order valence-corrected chi connectivity index (χ2v) is 7.05. The number of piperazine rings is 1. The summed E-state index contributed by atoms with van der Waals surface area (Å²) in [5.41, 5.74) is 0. The maximum absolute atomic E-state index is 12.1. The number of nitrogens with zero attached hydrogens (tertiary/aromatic N) is 2. The molecule has 0 aromatic carbocycles. The summed E-state index contributed by atoms with van der Waals surface area (Å²) in [5, 5.41) is 3.23. The zero-order valence-corrected chi connectivity index (χ0v) is 12.8. The first kappa shape index (κ1) is 16.7. The summed E-state index contributed by atoms with van der Waals surface area (Å²) < 4.78 is 24.7. The van der Waals surface area contributed by atoms with Crippen molar-refractivity contribution < 1.29 is 13.2 Å². The number of rotatable bonds is 3. The van der Waals surface area contributed by atoms with E-state index in [4.69, 9.17) is 0 Å². The van der Waals surface area contributed by atoms with Crippen molar-refractivity contribution in [3.8, 4) is 0 Å². The van der Waals surface area contributed by atoms with Crippen LogP contribution in [-0.2, 0) is 14.8 Å². The van der Waals surface area contributed by atoms with Crippen LogP contribution in [0.2, 0.25) is 0 Å². The molecule has 1 N–H and O–H groups in total. The van der Waals surface area contributed by atoms with Gasteiger partial charge in [-0.05, 0) is 13.3 Å². The van der Waals surface area contributed by atoms with Crippen molar-refractivity contribution in [3.63, 3.8) is 0 Å². The van der Waals surface area contributed by atoms with Gasteiger partial charge in [0.2, 0.25) is 15.9 Å². The fraction of sp³-hybridized carbons (Fsp3) is 0.909. The molecule has 2 rings (SSSR count). The van der Waals surface area contributed by atoms with Gasteiger partial charge in [-0.1, -0.05) is 0 Å². The van der Waals surface area contributed by atoms with Crippen molar-refractivity contribution >= 4 is 28.3 Å². The highest BCUT2D eigenvalue weighted by Crippen LogP contribution is 2.14. The van der Waals surface area contributed by atoms with Crippen molar-refractivity contribution in [1.82, 2.24) is 14.5 Å². The maximum Gasteiger partial charge on any atom is 0.224 e. The van der Waals surface area contributed by atoms with Crippen molar-refractivity contribution in [1.29, 1.82) is 0 Å². The molecule has 0 aromatic heterocycles. The molecule has 112 valence electrons. The molecule has 19 heavy (non-hydrogen) atoms. The number of amides is 1. The predicted molar refractivity (Wildman–Crippen MR) is 75.9 cm³/mol. The van der Waals surface area contributed by atoms with E-state index < -0.39 is 10.0 Å². The molecule has 0 aromatic rings. The van der Waals surface area contributed by atoms with E-state index in [9.17, 15) is 13.2 Å². The van der Waals surface area contributed by atoms with Crippen LogP contribution in [0, 0.1) is 0 Å². The van der Waals surface area contributed by atoms with Crippen LogP contribution in [0.3, 0.4) is 0 Å². The fourth-order valence-corrected chi connectivity index (χ4v) is 4.05. The van der Waals surface area contributed by atoms with E-state index in [0.717, 1.165) is 13.1 Å². The van der Waals surface area contributed by atoms with Crippen LogP contribution in [0.5, 0.6) is 0 Å². The van der Waals surface area contributed by atoms with Gasteiger partial charge in [0, 0.05) is 45.2 Å². The van der Waals surface area contributed by atoms with Crippen LogP contribution >= 0.6 is 12.4 Å². The standard InChI is InChI=1S/C11H21N3O3S.ClH/c1-10-9-12-4-7-14(10)11(15)3-6-13-5-2-8-18(13,16)17;/h10,12H,2-9H2,1H3;1H/t10-;/m1./s1. The lowest BCUT2D eigenvalue weighted by Gasteiger charge is -2.34. The SMILES string of the molecule is C[C@@H]1CNCCN1C(=O)CCN1CCCS1(=O)=O.Cl. The molecule has 8 heteroatoms. The molecule has 0 saturated carbocycles. The van der Waals surface area contributed by atoms with E-state index in [-0.39, 0.29) is 30.1 Å². The highest BCUT2D eigenvalue weighted by molar-refractivity contribution is 7.89. The number of nitrogens with one attached hydrogen (secondary N) is 1. The molecule has 0 unspecified atom stereocenters. The average Bonchev–Trinajstić information content (AvgIpc) is 2.66. The Bertz CT molecular complexity index is 415. The number of hydrogen-bond donors (Lipinski definition) is 1. The van der Waals surface area contributed by atoms with Crippen LogP contribution in [0.1, 0.15) is 19.8 Å². The van der Waals surface area contributed by atoms with Gasteiger partial charge < -0.3 is 10.2 Å². The van der Waals surface area contributed by atoms with E-state index in [1.54, 1.807) is 0 Å². The second kappa shape index (κ2) is 6.88. The number of carbonyl (C=O) groups excluding carboxylic acids is 1. The first-order valence-electron chi connectivity index (χ1n) is 6.49. The quantitative estimate of drug-likeness (QED) is 0.774. The minimum atomic E-state index is -3.08. The van der Waals surface area contributed by atoms with Crippen molar-refractivity contribution in [2.24, 2.45) is 0 Å². The molecular weight excluding hydrogens is 290 g/mol. The first-order chi connectivity index (χ1) is 8.50. The Morgan fingerprint density at radius 1 is 1.37 bits per heavy atom. The van der Waals surface area contributed by atoms with E-state index >= 15 is 0 Å². The van der Waals surface area contributed by atoms with Gasteiger partial charge in [-0.3, -0.25) is 4.79 Å². The molecule has 0 radical (unpaired) electrons.